The van der Waals surface area contributed by atoms with Crippen LogP contribution >= 0.6 is 0 Å². The van der Waals surface area contributed by atoms with E-state index in [2.05, 4.69) is 34.1 Å². The largest absolute Gasteiger partial charge is 0.326 e. The molecule has 2 heterocycles. The number of nitrogens with zero attached hydrogens (tertiary/aromatic N) is 3. The van der Waals surface area contributed by atoms with E-state index < -0.39 is 0 Å². The minimum absolute atomic E-state index is 0.0293. The molecule has 0 saturated heterocycles. The van der Waals surface area contributed by atoms with Crippen LogP contribution < -0.4 is 10.2 Å². The van der Waals surface area contributed by atoms with Crippen molar-refractivity contribution in [1.29, 1.82) is 0 Å². The number of benzene rings is 1. The van der Waals surface area contributed by atoms with Crippen LogP contribution in [0.2, 0.25) is 0 Å². The van der Waals surface area contributed by atoms with Crippen LogP contribution in [0.1, 0.15) is 57.3 Å². The van der Waals surface area contributed by atoms with Crippen LogP contribution in [-0.2, 0) is 4.79 Å². The number of carbonyl (C=O) groups is 2. The van der Waals surface area contributed by atoms with E-state index in [9.17, 15) is 9.59 Å². The number of pyridine rings is 1. The number of anilines is 3. The van der Waals surface area contributed by atoms with Crippen LogP contribution in [0.5, 0.6) is 0 Å². The Hall–Kier alpha value is -3.22. The maximum absolute atomic E-state index is 12.6. The number of carbonyl (C=O) groups excluding carboxylic acids is 2. The predicted octanol–water partition coefficient (Wildman–Crippen LogP) is 5.08. The van der Waals surface area contributed by atoms with Crippen molar-refractivity contribution in [2.24, 2.45) is 5.92 Å². The molecule has 0 atom stereocenters. The zero-order chi connectivity index (χ0) is 21.7. The van der Waals surface area contributed by atoms with Crippen molar-refractivity contribution >= 4 is 40.3 Å². The summed E-state index contributed by atoms with van der Waals surface area (Å²) >= 11 is 0. The first-order valence-electron chi connectivity index (χ1n) is 10.4. The summed E-state index contributed by atoms with van der Waals surface area (Å²) in [4.78, 5) is 38.2. The van der Waals surface area contributed by atoms with Crippen LogP contribution in [0, 0.1) is 5.92 Å². The second-order valence-electron chi connectivity index (χ2n) is 7.86. The number of aromatic amines is 1. The van der Waals surface area contributed by atoms with Crippen LogP contribution in [0.3, 0.4) is 0 Å². The highest BCUT2D eigenvalue weighted by Crippen LogP contribution is 2.22. The third-order valence-electron chi connectivity index (χ3n) is 4.85. The van der Waals surface area contributed by atoms with E-state index in [0.717, 1.165) is 18.5 Å². The summed E-state index contributed by atoms with van der Waals surface area (Å²) in [5.41, 5.74) is 2.81. The zero-order valence-corrected chi connectivity index (χ0v) is 18.0. The van der Waals surface area contributed by atoms with Gasteiger partial charge in [-0.25, -0.2) is 9.97 Å². The predicted molar refractivity (Wildman–Crippen MR) is 120 cm³/mol. The lowest BCUT2D eigenvalue weighted by atomic mass is 10.1. The molecule has 1 amide bonds. The van der Waals surface area contributed by atoms with Crippen molar-refractivity contribution in [1.82, 2.24) is 15.0 Å². The van der Waals surface area contributed by atoms with E-state index in [4.69, 9.17) is 0 Å². The van der Waals surface area contributed by atoms with Gasteiger partial charge in [0.25, 0.3) is 0 Å². The van der Waals surface area contributed by atoms with Gasteiger partial charge in [-0.1, -0.05) is 20.8 Å². The molecule has 0 aliphatic heterocycles. The molecular weight excluding hydrogens is 378 g/mol. The Labute approximate surface area is 176 Å². The van der Waals surface area contributed by atoms with Crippen LogP contribution in [0.25, 0.3) is 11.2 Å². The van der Waals surface area contributed by atoms with Gasteiger partial charge < -0.3 is 10.3 Å². The van der Waals surface area contributed by atoms with Gasteiger partial charge in [-0.3, -0.25) is 14.5 Å². The molecule has 7 nitrogen and oxygen atoms in total. The molecule has 2 N–H and O–H groups in total. The lowest BCUT2D eigenvalue weighted by Gasteiger charge is -2.22. The van der Waals surface area contributed by atoms with E-state index in [0.29, 0.717) is 47.4 Å². The summed E-state index contributed by atoms with van der Waals surface area (Å²) in [6.07, 6.45) is 2.23. The molecule has 3 rings (SSSR count). The highest BCUT2D eigenvalue weighted by molar-refractivity contribution is 5.94. The average molecular weight is 408 g/mol. The molecule has 0 aliphatic rings. The van der Waals surface area contributed by atoms with Crippen molar-refractivity contribution < 1.29 is 9.59 Å². The Balaban J connectivity index is 1.82. The smallest absolute Gasteiger partial charge is 0.228 e. The Kier molecular flexibility index (Phi) is 6.82. The fourth-order valence-electron chi connectivity index (χ4n) is 3.12. The summed E-state index contributed by atoms with van der Waals surface area (Å²) in [6.45, 7) is 8.49. The summed E-state index contributed by atoms with van der Waals surface area (Å²) in [7, 11) is 0. The van der Waals surface area contributed by atoms with Gasteiger partial charge in [0.2, 0.25) is 11.9 Å². The van der Waals surface area contributed by atoms with E-state index >= 15 is 0 Å². The molecule has 0 aliphatic carbocycles. The molecule has 1 aromatic carbocycles. The Morgan fingerprint density at radius 2 is 1.83 bits per heavy atom. The third kappa shape index (κ3) is 5.23. The first kappa shape index (κ1) is 21.5. The number of ketones is 1. The highest BCUT2D eigenvalue weighted by atomic mass is 16.2. The van der Waals surface area contributed by atoms with Crippen molar-refractivity contribution in [3.05, 3.63) is 42.0 Å². The van der Waals surface area contributed by atoms with Crippen molar-refractivity contribution in [3.8, 4) is 0 Å². The molecule has 0 saturated carbocycles. The standard InChI is InChI=1S/C23H29N5O2/c1-5-6-21(30)28(14-13-15(2)3)20-12-11-19-22(26-20)27-23(25-19)24-18-9-7-17(8-10-18)16(4)29/h7-12,15H,5-6,13-14H2,1-4H3,(H2,24,25,26,27). The molecule has 3 aromatic rings. The number of rotatable bonds is 9. The second kappa shape index (κ2) is 9.52. The van der Waals surface area contributed by atoms with Gasteiger partial charge in [0.05, 0.1) is 0 Å². The summed E-state index contributed by atoms with van der Waals surface area (Å²) in [6, 6.07) is 10.9. The number of nitrogens with one attached hydrogen (secondary N) is 2. The number of imidazole rings is 1. The fourth-order valence-corrected chi connectivity index (χ4v) is 3.12. The number of Topliss-reactive ketones (excluding diaryl/α,β-unsaturated/α-hetero) is 1. The van der Waals surface area contributed by atoms with Crippen molar-refractivity contribution in [2.75, 3.05) is 16.8 Å². The summed E-state index contributed by atoms with van der Waals surface area (Å²) in [5.74, 6) is 1.82. The van der Waals surface area contributed by atoms with Gasteiger partial charge in [-0.15, -0.1) is 0 Å². The van der Waals surface area contributed by atoms with Crippen LogP contribution in [0.15, 0.2) is 36.4 Å². The van der Waals surface area contributed by atoms with Crippen molar-refractivity contribution in [3.63, 3.8) is 0 Å². The first-order chi connectivity index (χ1) is 14.4. The SMILES string of the molecule is CCCC(=O)N(CCC(C)C)c1ccc2nc(Nc3ccc(C(C)=O)cc3)[nH]c2n1. The number of amides is 1. The Morgan fingerprint density at radius 1 is 1.10 bits per heavy atom. The maximum Gasteiger partial charge on any atom is 0.228 e. The Morgan fingerprint density at radius 3 is 2.47 bits per heavy atom. The number of fused-ring (bicyclic) bond motifs is 1. The molecule has 0 bridgehead atoms. The molecule has 7 heteroatoms. The molecule has 0 unspecified atom stereocenters. The van der Waals surface area contributed by atoms with E-state index in [-0.39, 0.29) is 11.7 Å². The number of aromatic nitrogens is 3. The molecule has 0 radical (unpaired) electrons. The minimum atomic E-state index is 0.0293. The second-order valence-corrected chi connectivity index (χ2v) is 7.86. The summed E-state index contributed by atoms with van der Waals surface area (Å²) in [5, 5.41) is 3.19. The Bertz CT molecular complexity index is 1020. The fraction of sp³-hybridized carbons (Fsp3) is 0.391. The summed E-state index contributed by atoms with van der Waals surface area (Å²) < 4.78 is 0. The van der Waals surface area contributed by atoms with Crippen LogP contribution in [0.4, 0.5) is 17.5 Å². The number of hydrogen-bond donors (Lipinski definition) is 2. The van der Waals surface area contributed by atoms with Gasteiger partial charge in [0.15, 0.2) is 11.4 Å². The monoisotopic (exact) mass is 407 g/mol. The van der Waals surface area contributed by atoms with E-state index in [1.807, 2.05) is 31.2 Å². The van der Waals surface area contributed by atoms with Crippen molar-refractivity contribution in [2.45, 2.75) is 47.0 Å². The first-order valence-corrected chi connectivity index (χ1v) is 10.4. The van der Waals surface area contributed by atoms with Gasteiger partial charge in [0.1, 0.15) is 11.3 Å². The minimum Gasteiger partial charge on any atom is -0.326 e. The quantitative estimate of drug-likeness (QED) is 0.483. The molecule has 0 spiro atoms. The number of hydrogen-bond acceptors (Lipinski definition) is 5. The zero-order valence-electron chi connectivity index (χ0n) is 18.0. The molecule has 158 valence electrons. The molecule has 30 heavy (non-hydrogen) atoms. The normalized spacial score (nSPS) is 11.1. The van der Waals surface area contributed by atoms with E-state index in [1.54, 1.807) is 24.0 Å². The lowest BCUT2D eigenvalue weighted by molar-refractivity contribution is -0.118. The van der Waals surface area contributed by atoms with E-state index in [1.165, 1.54) is 0 Å². The third-order valence-corrected chi connectivity index (χ3v) is 4.85. The topological polar surface area (TPSA) is 91.0 Å². The maximum atomic E-state index is 12.6. The molecule has 2 aromatic heterocycles. The lowest BCUT2D eigenvalue weighted by Crippen LogP contribution is -2.33. The average Bonchev–Trinajstić information content (AvgIpc) is 3.10. The van der Waals surface area contributed by atoms with Gasteiger partial charge in [-0.2, -0.15) is 0 Å². The molecule has 0 fully saturated rings. The van der Waals surface area contributed by atoms with Gasteiger partial charge in [-0.05, 0) is 62.1 Å². The highest BCUT2D eigenvalue weighted by Gasteiger charge is 2.18. The van der Waals surface area contributed by atoms with Gasteiger partial charge >= 0.3 is 0 Å². The van der Waals surface area contributed by atoms with Gasteiger partial charge in [0, 0.05) is 24.2 Å². The van der Waals surface area contributed by atoms with Crippen LogP contribution in [-0.4, -0.2) is 33.2 Å². The molecular formula is C23H29N5O2. The number of H-pyrrole nitrogens is 1.